The Morgan fingerprint density at radius 1 is 1.30 bits per heavy atom. The van der Waals surface area contributed by atoms with Gasteiger partial charge in [0.1, 0.15) is 6.04 Å². The second-order valence-corrected chi connectivity index (χ2v) is 4.57. The highest BCUT2D eigenvalue weighted by atomic mass is 16.5. The summed E-state index contributed by atoms with van der Waals surface area (Å²) in [5.74, 6) is -0.752. The Kier molecular flexibility index (Phi) is 5.83. The fraction of sp³-hybridized carbons (Fsp3) is 0.429. The molecule has 1 rings (SSSR count). The van der Waals surface area contributed by atoms with Crippen molar-refractivity contribution in [1.82, 2.24) is 5.32 Å². The van der Waals surface area contributed by atoms with Crippen molar-refractivity contribution in [2.75, 3.05) is 38.0 Å². The standard InChI is InChI=1S/C14H21N3O3/c1-10(18)16-12(14(19)20-4)9-15-11-7-5-6-8-13(11)17(2)3/h5-8,12,15H,9H2,1-4H3,(H,16,18). The van der Waals surface area contributed by atoms with Gasteiger partial charge in [-0.15, -0.1) is 0 Å². The Hall–Kier alpha value is -2.24. The number of rotatable bonds is 6. The van der Waals surface area contributed by atoms with Crippen LogP contribution in [0.3, 0.4) is 0 Å². The lowest BCUT2D eigenvalue weighted by atomic mass is 10.2. The quantitative estimate of drug-likeness (QED) is 0.755. The molecule has 110 valence electrons. The van der Waals surface area contributed by atoms with E-state index in [1.807, 2.05) is 43.3 Å². The Bertz CT molecular complexity index is 474. The molecule has 0 heterocycles. The molecule has 2 N–H and O–H groups in total. The van der Waals surface area contributed by atoms with Crippen molar-refractivity contribution in [3.8, 4) is 0 Å². The summed E-state index contributed by atoms with van der Waals surface area (Å²) in [6.45, 7) is 1.63. The van der Waals surface area contributed by atoms with Gasteiger partial charge >= 0.3 is 5.97 Å². The van der Waals surface area contributed by atoms with Gasteiger partial charge in [-0.3, -0.25) is 4.79 Å². The zero-order chi connectivity index (χ0) is 15.1. The molecule has 0 aliphatic carbocycles. The predicted octanol–water partition coefficient (Wildman–Crippen LogP) is 0.842. The van der Waals surface area contributed by atoms with Gasteiger partial charge in [0, 0.05) is 27.6 Å². The van der Waals surface area contributed by atoms with Gasteiger partial charge in [-0.2, -0.15) is 0 Å². The molecule has 0 radical (unpaired) electrons. The smallest absolute Gasteiger partial charge is 0.330 e. The molecule has 0 saturated carbocycles. The lowest BCUT2D eigenvalue weighted by Crippen LogP contribution is -2.45. The molecule has 0 spiro atoms. The molecule has 0 aromatic heterocycles. The van der Waals surface area contributed by atoms with Crippen LogP contribution in [0.25, 0.3) is 0 Å². The first-order chi connectivity index (χ1) is 9.45. The summed E-state index contributed by atoms with van der Waals surface area (Å²) in [5, 5.41) is 5.72. The molecule has 1 atom stereocenters. The SMILES string of the molecule is COC(=O)C(CNc1ccccc1N(C)C)NC(C)=O. The number of ether oxygens (including phenoxy) is 1. The zero-order valence-corrected chi connectivity index (χ0v) is 12.3. The Morgan fingerprint density at radius 2 is 1.95 bits per heavy atom. The fourth-order valence-electron chi connectivity index (χ4n) is 1.81. The minimum atomic E-state index is -0.715. The molecule has 0 fully saturated rings. The number of esters is 1. The van der Waals surface area contributed by atoms with Crippen molar-refractivity contribution >= 4 is 23.3 Å². The average molecular weight is 279 g/mol. The van der Waals surface area contributed by atoms with Crippen molar-refractivity contribution in [3.63, 3.8) is 0 Å². The largest absolute Gasteiger partial charge is 0.467 e. The van der Waals surface area contributed by atoms with Gasteiger partial charge in [0.15, 0.2) is 0 Å². The van der Waals surface area contributed by atoms with Gasteiger partial charge in [0.25, 0.3) is 0 Å². The summed E-state index contributed by atoms with van der Waals surface area (Å²) >= 11 is 0. The number of hydrogen-bond acceptors (Lipinski definition) is 5. The molecule has 0 aliphatic heterocycles. The molecule has 1 amide bonds. The van der Waals surface area contributed by atoms with E-state index in [9.17, 15) is 9.59 Å². The van der Waals surface area contributed by atoms with Crippen LogP contribution in [0, 0.1) is 0 Å². The topological polar surface area (TPSA) is 70.7 Å². The summed E-state index contributed by atoms with van der Waals surface area (Å²) in [7, 11) is 5.17. The van der Waals surface area contributed by atoms with Crippen LogP contribution in [0.2, 0.25) is 0 Å². The maximum absolute atomic E-state index is 11.6. The van der Waals surface area contributed by atoms with E-state index >= 15 is 0 Å². The van der Waals surface area contributed by atoms with Crippen LogP contribution in [0.4, 0.5) is 11.4 Å². The van der Waals surface area contributed by atoms with Crippen LogP contribution >= 0.6 is 0 Å². The lowest BCUT2D eigenvalue weighted by Gasteiger charge is -2.21. The van der Waals surface area contributed by atoms with Crippen LogP contribution in [0.15, 0.2) is 24.3 Å². The van der Waals surface area contributed by atoms with Crippen LogP contribution < -0.4 is 15.5 Å². The summed E-state index contributed by atoms with van der Waals surface area (Å²) in [5.41, 5.74) is 1.88. The number of carbonyl (C=O) groups excluding carboxylic acids is 2. The summed E-state index contributed by atoms with van der Waals surface area (Å²) in [6.07, 6.45) is 0. The van der Waals surface area contributed by atoms with E-state index in [1.54, 1.807) is 0 Å². The Labute approximate surface area is 119 Å². The Morgan fingerprint density at radius 3 is 2.50 bits per heavy atom. The van der Waals surface area contributed by atoms with Crippen molar-refractivity contribution in [2.45, 2.75) is 13.0 Å². The third-order valence-corrected chi connectivity index (χ3v) is 2.75. The number of amides is 1. The van der Waals surface area contributed by atoms with E-state index < -0.39 is 12.0 Å². The summed E-state index contributed by atoms with van der Waals surface area (Å²) < 4.78 is 4.68. The monoisotopic (exact) mass is 279 g/mol. The maximum Gasteiger partial charge on any atom is 0.330 e. The molecule has 1 aromatic rings. The number of carbonyl (C=O) groups is 2. The molecule has 6 heteroatoms. The minimum absolute atomic E-state index is 0.261. The van der Waals surface area contributed by atoms with E-state index in [2.05, 4.69) is 15.4 Å². The van der Waals surface area contributed by atoms with E-state index in [-0.39, 0.29) is 12.5 Å². The van der Waals surface area contributed by atoms with Crippen LogP contribution in [0.5, 0.6) is 0 Å². The average Bonchev–Trinajstić information content (AvgIpc) is 2.42. The highest BCUT2D eigenvalue weighted by molar-refractivity contribution is 5.84. The van der Waals surface area contributed by atoms with Gasteiger partial charge in [-0.25, -0.2) is 4.79 Å². The first-order valence-corrected chi connectivity index (χ1v) is 6.31. The summed E-state index contributed by atoms with van der Waals surface area (Å²) in [4.78, 5) is 24.7. The van der Waals surface area contributed by atoms with Gasteiger partial charge in [0.2, 0.25) is 5.91 Å². The van der Waals surface area contributed by atoms with Gasteiger partial charge < -0.3 is 20.3 Å². The lowest BCUT2D eigenvalue weighted by molar-refractivity contribution is -0.144. The third kappa shape index (κ3) is 4.46. The molecule has 1 aromatic carbocycles. The number of para-hydroxylation sites is 2. The van der Waals surface area contributed by atoms with Crippen LogP contribution in [-0.4, -0.2) is 45.7 Å². The van der Waals surface area contributed by atoms with Crippen molar-refractivity contribution in [3.05, 3.63) is 24.3 Å². The van der Waals surface area contributed by atoms with Crippen molar-refractivity contribution in [2.24, 2.45) is 0 Å². The molecular weight excluding hydrogens is 258 g/mol. The molecule has 20 heavy (non-hydrogen) atoms. The first kappa shape index (κ1) is 15.8. The number of benzene rings is 1. The van der Waals surface area contributed by atoms with Crippen LogP contribution in [-0.2, 0) is 14.3 Å². The number of nitrogens with zero attached hydrogens (tertiary/aromatic N) is 1. The third-order valence-electron chi connectivity index (χ3n) is 2.75. The zero-order valence-electron chi connectivity index (χ0n) is 12.3. The second kappa shape index (κ2) is 7.37. The van der Waals surface area contributed by atoms with Crippen molar-refractivity contribution < 1.29 is 14.3 Å². The van der Waals surface area contributed by atoms with Gasteiger partial charge in [-0.05, 0) is 12.1 Å². The molecule has 0 aliphatic rings. The number of methoxy groups -OCH3 is 1. The first-order valence-electron chi connectivity index (χ1n) is 6.31. The summed E-state index contributed by atoms with van der Waals surface area (Å²) in [6, 6.07) is 7.01. The van der Waals surface area contributed by atoms with E-state index in [4.69, 9.17) is 0 Å². The fourth-order valence-corrected chi connectivity index (χ4v) is 1.81. The maximum atomic E-state index is 11.6. The molecule has 6 nitrogen and oxygen atoms in total. The molecule has 0 bridgehead atoms. The predicted molar refractivity (Wildman–Crippen MR) is 78.9 cm³/mol. The second-order valence-electron chi connectivity index (χ2n) is 4.57. The van der Waals surface area contributed by atoms with E-state index in [0.29, 0.717) is 0 Å². The van der Waals surface area contributed by atoms with E-state index in [1.165, 1.54) is 14.0 Å². The number of anilines is 2. The molecule has 1 unspecified atom stereocenters. The minimum Gasteiger partial charge on any atom is -0.467 e. The van der Waals surface area contributed by atoms with Gasteiger partial charge in [-0.1, -0.05) is 12.1 Å². The van der Waals surface area contributed by atoms with Crippen molar-refractivity contribution in [1.29, 1.82) is 0 Å². The van der Waals surface area contributed by atoms with Crippen LogP contribution in [0.1, 0.15) is 6.92 Å². The molecule has 0 saturated heterocycles. The Balaban J connectivity index is 2.77. The van der Waals surface area contributed by atoms with Gasteiger partial charge in [0.05, 0.1) is 18.5 Å². The highest BCUT2D eigenvalue weighted by Crippen LogP contribution is 2.23. The number of hydrogen-bond donors (Lipinski definition) is 2. The number of nitrogens with one attached hydrogen (secondary N) is 2. The molecular formula is C14H21N3O3. The van der Waals surface area contributed by atoms with E-state index in [0.717, 1.165) is 11.4 Å². The highest BCUT2D eigenvalue weighted by Gasteiger charge is 2.20. The normalized spacial score (nSPS) is 11.4.